The quantitative estimate of drug-likeness (QED) is 0.721. The van der Waals surface area contributed by atoms with Gasteiger partial charge in [0.2, 0.25) is 0 Å². The van der Waals surface area contributed by atoms with Gasteiger partial charge in [0.1, 0.15) is 17.4 Å². The fraction of sp³-hybridized carbons (Fsp3) is 0.0667. The topological polar surface area (TPSA) is 119 Å². The van der Waals surface area contributed by atoms with E-state index in [4.69, 9.17) is 27.3 Å². The number of rotatable bonds is 5. The van der Waals surface area contributed by atoms with Crippen LogP contribution in [0.5, 0.6) is 5.75 Å². The molecule has 0 aliphatic rings. The van der Waals surface area contributed by atoms with Crippen molar-refractivity contribution in [3.8, 4) is 11.8 Å². The number of aromatic amines is 2. The number of H-pyrrole nitrogens is 2. The molecule has 1 aromatic carbocycles. The normalized spacial score (nSPS) is 10.4. The molecule has 8 heteroatoms. The number of aliphatic carboxylic acids is 1. The number of carboxylic acids is 1. The summed E-state index contributed by atoms with van der Waals surface area (Å²) in [7, 11) is 0. The van der Waals surface area contributed by atoms with E-state index in [0.717, 1.165) is 0 Å². The van der Waals surface area contributed by atoms with Crippen molar-refractivity contribution in [2.24, 2.45) is 0 Å². The van der Waals surface area contributed by atoms with Crippen molar-refractivity contribution in [1.82, 2.24) is 9.97 Å². The Balaban J connectivity index is 2.39. The second-order valence-corrected chi connectivity index (χ2v) is 4.77. The molecule has 23 heavy (non-hydrogen) atoms. The minimum atomic E-state index is -1.09. The van der Waals surface area contributed by atoms with Gasteiger partial charge < -0.3 is 14.8 Å². The van der Waals surface area contributed by atoms with Crippen LogP contribution in [0.1, 0.15) is 16.8 Å². The Morgan fingerprint density at radius 3 is 2.78 bits per heavy atom. The summed E-state index contributed by atoms with van der Waals surface area (Å²) >= 11 is 4.88. The highest BCUT2D eigenvalue weighted by Gasteiger charge is 2.06. The summed E-state index contributed by atoms with van der Waals surface area (Å²) in [6.45, 7) is -0.470. The fourth-order valence-electron chi connectivity index (χ4n) is 1.80. The number of nitrogens with zero attached hydrogens (tertiary/aromatic N) is 1. The standard InChI is InChI=1S/C15H11N3O4S/c16-7-10-11(17-15(23)18-14(10)21)6-5-9-3-1-2-4-12(9)22-8-13(19)20/h1-6H,8H2,(H,19,20)(H2,17,18,21,23)/b6-5+. The Morgan fingerprint density at radius 2 is 2.09 bits per heavy atom. The molecule has 0 bridgehead atoms. The van der Waals surface area contributed by atoms with Gasteiger partial charge in [0.05, 0.1) is 5.69 Å². The molecule has 0 radical (unpaired) electrons. The molecule has 0 aliphatic carbocycles. The molecule has 1 aromatic heterocycles. The summed E-state index contributed by atoms with van der Waals surface area (Å²) in [5.74, 6) is -0.720. The van der Waals surface area contributed by atoms with Crippen LogP contribution in [0, 0.1) is 16.1 Å². The van der Waals surface area contributed by atoms with Gasteiger partial charge >= 0.3 is 5.97 Å². The van der Waals surface area contributed by atoms with E-state index < -0.39 is 18.1 Å². The lowest BCUT2D eigenvalue weighted by atomic mass is 10.1. The van der Waals surface area contributed by atoms with E-state index in [9.17, 15) is 9.59 Å². The van der Waals surface area contributed by atoms with Gasteiger partial charge in [0, 0.05) is 5.56 Å². The maximum absolute atomic E-state index is 11.7. The molecule has 0 amide bonds. The minimum absolute atomic E-state index is 0.0983. The zero-order valence-corrected chi connectivity index (χ0v) is 12.5. The third kappa shape index (κ3) is 4.15. The average Bonchev–Trinajstić information content (AvgIpc) is 2.51. The third-order valence-electron chi connectivity index (χ3n) is 2.78. The van der Waals surface area contributed by atoms with Gasteiger partial charge in [0.25, 0.3) is 5.56 Å². The van der Waals surface area contributed by atoms with E-state index in [1.54, 1.807) is 36.4 Å². The highest BCUT2D eigenvalue weighted by atomic mass is 32.1. The first-order chi connectivity index (χ1) is 11.0. The zero-order valence-electron chi connectivity index (χ0n) is 11.7. The zero-order chi connectivity index (χ0) is 16.8. The molecule has 0 saturated carbocycles. The van der Waals surface area contributed by atoms with E-state index >= 15 is 0 Å². The van der Waals surface area contributed by atoms with Crippen LogP contribution in [0.2, 0.25) is 0 Å². The van der Waals surface area contributed by atoms with E-state index in [1.807, 2.05) is 0 Å². The van der Waals surface area contributed by atoms with Gasteiger partial charge in [0.15, 0.2) is 11.4 Å². The smallest absolute Gasteiger partial charge is 0.341 e. The maximum Gasteiger partial charge on any atom is 0.341 e. The van der Waals surface area contributed by atoms with Crippen LogP contribution < -0.4 is 10.3 Å². The molecule has 1 heterocycles. The summed E-state index contributed by atoms with van der Waals surface area (Å²) in [6.07, 6.45) is 3.10. The number of ether oxygens (including phenoxy) is 1. The Morgan fingerprint density at radius 1 is 1.35 bits per heavy atom. The van der Waals surface area contributed by atoms with Gasteiger partial charge in [-0.2, -0.15) is 5.26 Å². The highest BCUT2D eigenvalue weighted by molar-refractivity contribution is 7.71. The Labute approximate surface area is 135 Å². The van der Waals surface area contributed by atoms with Gasteiger partial charge in [-0.25, -0.2) is 4.79 Å². The Bertz CT molecular complexity index is 921. The number of para-hydroxylation sites is 1. The number of nitriles is 1. The molecule has 0 fully saturated rings. The van der Waals surface area contributed by atoms with Crippen molar-refractivity contribution in [2.75, 3.05) is 6.61 Å². The molecule has 0 spiro atoms. The minimum Gasteiger partial charge on any atom is -0.481 e. The van der Waals surface area contributed by atoms with Crippen LogP contribution in [-0.4, -0.2) is 27.7 Å². The largest absolute Gasteiger partial charge is 0.481 e. The van der Waals surface area contributed by atoms with Crippen molar-refractivity contribution in [2.45, 2.75) is 0 Å². The Kier molecular flexibility index (Phi) is 5.07. The number of aromatic nitrogens is 2. The second kappa shape index (κ2) is 7.20. The molecule has 116 valence electrons. The van der Waals surface area contributed by atoms with E-state index in [2.05, 4.69) is 9.97 Å². The lowest BCUT2D eigenvalue weighted by molar-refractivity contribution is -0.139. The van der Waals surface area contributed by atoms with Crippen LogP contribution in [0.4, 0.5) is 0 Å². The summed E-state index contributed by atoms with van der Waals surface area (Å²) in [6, 6.07) is 8.58. The summed E-state index contributed by atoms with van der Waals surface area (Å²) in [5.41, 5.74) is 0.177. The van der Waals surface area contributed by atoms with E-state index in [-0.39, 0.29) is 16.0 Å². The van der Waals surface area contributed by atoms with E-state index in [1.165, 1.54) is 6.08 Å². The first-order valence-corrected chi connectivity index (χ1v) is 6.80. The molecule has 0 saturated heterocycles. The summed E-state index contributed by atoms with van der Waals surface area (Å²) in [4.78, 5) is 27.3. The average molecular weight is 329 g/mol. The lowest BCUT2D eigenvalue weighted by Crippen LogP contribution is -2.13. The van der Waals surface area contributed by atoms with Crippen molar-refractivity contribution in [1.29, 1.82) is 5.26 Å². The van der Waals surface area contributed by atoms with Gasteiger partial charge in [-0.3, -0.25) is 9.78 Å². The van der Waals surface area contributed by atoms with Gasteiger partial charge in [-0.1, -0.05) is 18.2 Å². The maximum atomic E-state index is 11.7. The molecule has 0 atom stereocenters. The number of carboxylic acid groups (broad SMARTS) is 1. The fourth-order valence-corrected chi connectivity index (χ4v) is 2.00. The summed E-state index contributed by atoms with van der Waals surface area (Å²) in [5, 5.41) is 17.7. The third-order valence-corrected chi connectivity index (χ3v) is 2.99. The number of hydrogen-bond acceptors (Lipinski definition) is 5. The van der Waals surface area contributed by atoms with Crippen molar-refractivity contribution in [3.05, 3.63) is 56.2 Å². The highest BCUT2D eigenvalue weighted by Crippen LogP contribution is 2.20. The monoisotopic (exact) mass is 329 g/mol. The first-order valence-electron chi connectivity index (χ1n) is 6.39. The molecule has 7 nitrogen and oxygen atoms in total. The van der Waals surface area contributed by atoms with Crippen LogP contribution in [0.3, 0.4) is 0 Å². The number of carbonyl (C=O) groups is 1. The lowest BCUT2D eigenvalue weighted by Gasteiger charge is -2.06. The van der Waals surface area contributed by atoms with Crippen molar-refractivity contribution < 1.29 is 14.6 Å². The van der Waals surface area contributed by atoms with Gasteiger partial charge in [-0.15, -0.1) is 0 Å². The van der Waals surface area contributed by atoms with Crippen molar-refractivity contribution in [3.63, 3.8) is 0 Å². The molecular weight excluding hydrogens is 318 g/mol. The number of nitrogens with one attached hydrogen (secondary N) is 2. The van der Waals surface area contributed by atoms with Gasteiger partial charge in [-0.05, 0) is 30.4 Å². The number of benzene rings is 1. The van der Waals surface area contributed by atoms with E-state index in [0.29, 0.717) is 11.3 Å². The second-order valence-electron chi connectivity index (χ2n) is 4.36. The molecule has 3 N–H and O–H groups in total. The van der Waals surface area contributed by atoms with Crippen LogP contribution >= 0.6 is 12.2 Å². The Hall–Kier alpha value is -3.18. The van der Waals surface area contributed by atoms with Crippen molar-refractivity contribution >= 4 is 30.3 Å². The van der Waals surface area contributed by atoms with Crippen LogP contribution in [0.15, 0.2) is 29.1 Å². The summed E-state index contributed by atoms with van der Waals surface area (Å²) < 4.78 is 5.28. The SMILES string of the molecule is N#Cc1c(/C=C/c2ccccc2OCC(=O)O)[nH]c(=S)[nH]c1=O. The molecule has 0 aliphatic heterocycles. The van der Waals surface area contributed by atoms with Crippen LogP contribution in [-0.2, 0) is 4.79 Å². The number of hydrogen-bond donors (Lipinski definition) is 3. The molecule has 2 rings (SSSR count). The molecule has 0 unspecified atom stereocenters. The van der Waals surface area contributed by atoms with Crippen LogP contribution in [0.25, 0.3) is 12.2 Å². The molecular formula is C15H11N3O4S. The predicted molar refractivity (Wildman–Crippen MR) is 85.5 cm³/mol. The molecule has 2 aromatic rings. The first kappa shape index (κ1) is 16.2. The predicted octanol–water partition coefficient (Wildman–Crippen LogP) is 1.94.